The van der Waals surface area contributed by atoms with Crippen molar-refractivity contribution < 1.29 is 14.3 Å². The van der Waals surface area contributed by atoms with Crippen molar-refractivity contribution in [1.29, 1.82) is 0 Å². The van der Waals surface area contributed by atoms with E-state index in [1.54, 1.807) is 19.3 Å². The first-order valence-electron chi connectivity index (χ1n) is 5.89. The first kappa shape index (κ1) is 14.1. The Labute approximate surface area is 107 Å². The molecule has 1 unspecified atom stereocenters. The highest BCUT2D eigenvalue weighted by molar-refractivity contribution is 5.90. The van der Waals surface area contributed by atoms with Crippen LogP contribution < -0.4 is 15.2 Å². The number of hydrogen-bond acceptors (Lipinski definition) is 3. The van der Waals surface area contributed by atoms with Gasteiger partial charge in [-0.3, -0.25) is 4.79 Å². The van der Waals surface area contributed by atoms with E-state index in [2.05, 4.69) is 6.92 Å². The van der Waals surface area contributed by atoms with Crippen molar-refractivity contribution >= 4 is 12.0 Å². The third-order valence-corrected chi connectivity index (χ3v) is 2.53. The van der Waals surface area contributed by atoms with Crippen LogP contribution in [0.5, 0.6) is 11.5 Å². The summed E-state index contributed by atoms with van der Waals surface area (Å²) in [6.07, 6.45) is 4.00. The van der Waals surface area contributed by atoms with Crippen LogP contribution >= 0.6 is 0 Å². The molecule has 1 aromatic carbocycles. The minimum atomic E-state index is -0.478. The second kappa shape index (κ2) is 6.69. The SMILES string of the molecule is CCC(C)Oc1ccc(C=CC(N)=O)cc1OC. The lowest BCUT2D eigenvalue weighted by atomic mass is 10.2. The molecule has 0 aliphatic rings. The fraction of sp³-hybridized carbons (Fsp3) is 0.357. The van der Waals surface area contributed by atoms with Gasteiger partial charge in [0.2, 0.25) is 5.91 Å². The molecule has 4 nitrogen and oxygen atoms in total. The van der Waals surface area contributed by atoms with Gasteiger partial charge in [-0.15, -0.1) is 0 Å². The summed E-state index contributed by atoms with van der Waals surface area (Å²) in [5.74, 6) is 0.860. The zero-order valence-corrected chi connectivity index (χ0v) is 11.0. The van der Waals surface area contributed by atoms with Crippen LogP contribution in [0.3, 0.4) is 0 Å². The molecule has 0 aromatic heterocycles. The van der Waals surface area contributed by atoms with E-state index in [4.69, 9.17) is 15.2 Å². The van der Waals surface area contributed by atoms with E-state index < -0.39 is 5.91 Å². The number of rotatable bonds is 6. The molecule has 0 fully saturated rings. The van der Waals surface area contributed by atoms with Gasteiger partial charge in [-0.1, -0.05) is 13.0 Å². The molecule has 98 valence electrons. The van der Waals surface area contributed by atoms with Gasteiger partial charge >= 0.3 is 0 Å². The van der Waals surface area contributed by atoms with Crippen molar-refractivity contribution in [2.75, 3.05) is 7.11 Å². The Morgan fingerprint density at radius 1 is 1.44 bits per heavy atom. The summed E-state index contributed by atoms with van der Waals surface area (Å²) >= 11 is 0. The number of benzene rings is 1. The molecule has 0 aliphatic heterocycles. The summed E-state index contributed by atoms with van der Waals surface area (Å²) in [6.45, 7) is 4.06. The Balaban J connectivity index is 2.92. The van der Waals surface area contributed by atoms with Crippen LogP contribution in [0, 0.1) is 0 Å². The van der Waals surface area contributed by atoms with Gasteiger partial charge in [0.25, 0.3) is 0 Å². The van der Waals surface area contributed by atoms with Gasteiger partial charge in [0.05, 0.1) is 13.2 Å². The largest absolute Gasteiger partial charge is 0.493 e. The molecule has 1 rings (SSSR count). The highest BCUT2D eigenvalue weighted by Crippen LogP contribution is 2.29. The lowest BCUT2D eigenvalue weighted by Crippen LogP contribution is -2.10. The lowest BCUT2D eigenvalue weighted by Gasteiger charge is -2.15. The van der Waals surface area contributed by atoms with Crippen LogP contribution in [0.2, 0.25) is 0 Å². The van der Waals surface area contributed by atoms with Gasteiger partial charge in [0.1, 0.15) is 0 Å². The highest BCUT2D eigenvalue weighted by Gasteiger charge is 2.08. The van der Waals surface area contributed by atoms with Gasteiger partial charge in [0, 0.05) is 6.08 Å². The van der Waals surface area contributed by atoms with E-state index >= 15 is 0 Å². The van der Waals surface area contributed by atoms with Gasteiger partial charge in [-0.25, -0.2) is 0 Å². The van der Waals surface area contributed by atoms with E-state index in [9.17, 15) is 4.79 Å². The number of amides is 1. The average molecular weight is 249 g/mol. The predicted molar refractivity (Wildman–Crippen MR) is 71.6 cm³/mol. The fourth-order valence-electron chi connectivity index (χ4n) is 1.36. The Morgan fingerprint density at radius 2 is 2.17 bits per heavy atom. The number of ether oxygens (including phenoxy) is 2. The van der Waals surface area contributed by atoms with Gasteiger partial charge in [-0.2, -0.15) is 0 Å². The standard InChI is InChI=1S/C14H19NO3/c1-4-10(2)18-12-7-5-11(6-8-14(15)16)9-13(12)17-3/h5-10H,4H2,1-3H3,(H2,15,16). The van der Waals surface area contributed by atoms with Crippen molar-refractivity contribution in [3.63, 3.8) is 0 Å². The Bertz CT molecular complexity index is 441. The maximum absolute atomic E-state index is 10.7. The van der Waals surface area contributed by atoms with Crippen molar-refractivity contribution in [3.8, 4) is 11.5 Å². The molecule has 0 heterocycles. The van der Waals surface area contributed by atoms with Crippen LogP contribution in [0.4, 0.5) is 0 Å². The zero-order valence-electron chi connectivity index (χ0n) is 11.0. The molecule has 0 bridgehead atoms. The van der Waals surface area contributed by atoms with Crippen LogP contribution in [-0.4, -0.2) is 19.1 Å². The normalized spacial score (nSPS) is 12.4. The Kier molecular flexibility index (Phi) is 5.24. The molecule has 1 atom stereocenters. The van der Waals surface area contributed by atoms with Crippen molar-refractivity contribution in [2.24, 2.45) is 5.73 Å². The summed E-state index contributed by atoms with van der Waals surface area (Å²) in [5.41, 5.74) is 5.88. The minimum absolute atomic E-state index is 0.130. The number of carbonyl (C=O) groups is 1. The summed E-state index contributed by atoms with van der Waals surface area (Å²) in [4.78, 5) is 10.7. The molecular formula is C14H19NO3. The summed E-state index contributed by atoms with van der Waals surface area (Å²) in [6, 6.07) is 5.47. The van der Waals surface area contributed by atoms with Crippen molar-refractivity contribution in [2.45, 2.75) is 26.4 Å². The molecule has 0 saturated carbocycles. The molecule has 0 aliphatic carbocycles. The van der Waals surface area contributed by atoms with Crippen molar-refractivity contribution in [3.05, 3.63) is 29.8 Å². The molecule has 2 N–H and O–H groups in total. The zero-order chi connectivity index (χ0) is 13.5. The third kappa shape index (κ3) is 4.13. The van der Waals surface area contributed by atoms with Crippen molar-refractivity contribution in [1.82, 2.24) is 0 Å². The van der Waals surface area contributed by atoms with Gasteiger partial charge in [0.15, 0.2) is 11.5 Å². The third-order valence-electron chi connectivity index (χ3n) is 2.53. The summed E-state index contributed by atoms with van der Waals surface area (Å²) in [7, 11) is 1.58. The van der Waals surface area contributed by atoms with E-state index in [0.29, 0.717) is 11.5 Å². The Hall–Kier alpha value is -1.97. The van der Waals surface area contributed by atoms with Crippen LogP contribution in [0.1, 0.15) is 25.8 Å². The van der Waals surface area contributed by atoms with Gasteiger partial charge in [-0.05, 0) is 37.1 Å². The van der Waals surface area contributed by atoms with E-state index in [-0.39, 0.29) is 6.10 Å². The molecule has 0 saturated heterocycles. The molecule has 18 heavy (non-hydrogen) atoms. The van der Waals surface area contributed by atoms with Crippen LogP contribution in [0.25, 0.3) is 6.08 Å². The summed E-state index contributed by atoms with van der Waals surface area (Å²) < 4.78 is 11.0. The molecular weight excluding hydrogens is 230 g/mol. The van der Waals surface area contributed by atoms with E-state index in [0.717, 1.165) is 12.0 Å². The van der Waals surface area contributed by atoms with E-state index in [1.165, 1.54) is 6.08 Å². The quantitative estimate of drug-likeness (QED) is 0.787. The molecule has 0 radical (unpaired) electrons. The maximum Gasteiger partial charge on any atom is 0.241 e. The topological polar surface area (TPSA) is 61.5 Å². The second-order valence-electron chi connectivity index (χ2n) is 3.98. The first-order valence-corrected chi connectivity index (χ1v) is 5.89. The van der Waals surface area contributed by atoms with Crippen LogP contribution in [0.15, 0.2) is 24.3 Å². The maximum atomic E-state index is 10.7. The number of carbonyl (C=O) groups excluding carboxylic acids is 1. The first-order chi connectivity index (χ1) is 8.56. The molecule has 1 aromatic rings. The summed E-state index contributed by atoms with van der Waals surface area (Å²) in [5, 5.41) is 0. The predicted octanol–water partition coefficient (Wildman–Crippen LogP) is 2.37. The Morgan fingerprint density at radius 3 is 2.72 bits per heavy atom. The number of primary amides is 1. The smallest absolute Gasteiger partial charge is 0.241 e. The lowest BCUT2D eigenvalue weighted by molar-refractivity contribution is -0.113. The minimum Gasteiger partial charge on any atom is -0.493 e. The second-order valence-corrected chi connectivity index (χ2v) is 3.98. The molecule has 4 heteroatoms. The highest BCUT2D eigenvalue weighted by atomic mass is 16.5. The fourth-order valence-corrected chi connectivity index (χ4v) is 1.36. The van der Waals surface area contributed by atoms with Crippen LogP contribution in [-0.2, 0) is 4.79 Å². The van der Waals surface area contributed by atoms with E-state index in [1.807, 2.05) is 19.1 Å². The molecule has 1 amide bonds. The average Bonchev–Trinajstić information content (AvgIpc) is 2.37. The monoisotopic (exact) mass is 249 g/mol. The number of hydrogen-bond donors (Lipinski definition) is 1. The molecule has 0 spiro atoms. The van der Waals surface area contributed by atoms with Gasteiger partial charge < -0.3 is 15.2 Å². The number of methoxy groups -OCH3 is 1. The number of nitrogens with two attached hydrogens (primary N) is 1.